The summed E-state index contributed by atoms with van der Waals surface area (Å²) in [6.45, 7) is 0.425. The van der Waals surface area contributed by atoms with Crippen LogP contribution in [0.15, 0.2) is 46.9 Å². The van der Waals surface area contributed by atoms with E-state index in [1.54, 1.807) is 15.3 Å². The Morgan fingerprint density at radius 3 is 2.46 bits per heavy atom. The van der Waals surface area contributed by atoms with E-state index in [-0.39, 0.29) is 5.75 Å². The molecule has 130 valence electrons. The molecule has 1 N–H and O–H groups in total. The lowest BCUT2D eigenvalue weighted by Gasteiger charge is -2.11. The van der Waals surface area contributed by atoms with E-state index in [9.17, 15) is 8.42 Å². The molecule has 1 heterocycles. The highest BCUT2D eigenvalue weighted by molar-refractivity contribution is 7.85. The van der Waals surface area contributed by atoms with Gasteiger partial charge in [0.15, 0.2) is 0 Å². The fourth-order valence-corrected chi connectivity index (χ4v) is 2.65. The Labute approximate surface area is 141 Å². The highest BCUT2D eigenvalue weighted by Gasteiger charge is 2.15. The minimum atomic E-state index is -3.94. The Hall–Kier alpha value is -2.26. The van der Waals surface area contributed by atoms with Crippen LogP contribution in [0.4, 0.5) is 17.3 Å². The van der Waals surface area contributed by atoms with Crippen LogP contribution in [-0.2, 0) is 23.7 Å². The third kappa shape index (κ3) is 5.14. The molecule has 2 aromatic rings. The molecule has 0 amide bonds. The van der Waals surface area contributed by atoms with Gasteiger partial charge in [-0.3, -0.25) is 4.55 Å². The van der Waals surface area contributed by atoms with Crippen LogP contribution in [-0.4, -0.2) is 37.4 Å². The lowest BCUT2D eigenvalue weighted by molar-refractivity contribution is -0.657. The Morgan fingerprint density at radius 1 is 1.21 bits per heavy atom. The summed E-state index contributed by atoms with van der Waals surface area (Å²) < 4.78 is 34.0. The minimum absolute atomic E-state index is 0.280. The van der Waals surface area contributed by atoms with Crippen molar-refractivity contribution in [1.29, 1.82) is 0 Å². The van der Waals surface area contributed by atoms with Crippen molar-refractivity contribution in [3.05, 3.63) is 36.7 Å². The van der Waals surface area contributed by atoms with Crippen molar-refractivity contribution in [3.8, 4) is 0 Å². The highest BCUT2D eigenvalue weighted by atomic mass is 32.2. The first kappa shape index (κ1) is 18.1. The third-order valence-electron chi connectivity index (χ3n) is 3.46. The van der Waals surface area contributed by atoms with Gasteiger partial charge in [-0.15, -0.1) is 0 Å². The van der Waals surface area contributed by atoms with Crippen LogP contribution < -0.4 is 9.47 Å². The number of rotatable bonds is 7. The summed E-state index contributed by atoms with van der Waals surface area (Å²) >= 11 is 0. The standard InChI is InChI=1S/C15H21N5O3S/c1-18(2)14-7-5-13(6-8-14)16-17-15-19(3)10-11-20(15)9-4-12-24(21,22)23/h5-8,10-11H,4,9,12H2,1-3H3/p+1. The highest BCUT2D eigenvalue weighted by Crippen LogP contribution is 2.20. The molecule has 0 bridgehead atoms. The van der Waals surface area contributed by atoms with Gasteiger partial charge < -0.3 is 4.90 Å². The lowest BCUT2D eigenvalue weighted by Crippen LogP contribution is -2.25. The van der Waals surface area contributed by atoms with Crippen LogP contribution in [0.1, 0.15) is 6.42 Å². The summed E-state index contributed by atoms with van der Waals surface area (Å²) in [5, 5.41) is 8.48. The van der Waals surface area contributed by atoms with Gasteiger partial charge in [-0.2, -0.15) is 8.42 Å². The average Bonchev–Trinajstić information content (AvgIpc) is 2.85. The van der Waals surface area contributed by atoms with E-state index in [0.29, 0.717) is 18.9 Å². The first-order valence-electron chi connectivity index (χ1n) is 7.45. The zero-order valence-electron chi connectivity index (χ0n) is 14.0. The smallest absolute Gasteiger partial charge is 0.378 e. The number of aryl methyl sites for hydroxylation is 2. The second-order valence-electron chi connectivity index (χ2n) is 5.65. The van der Waals surface area contributed by atoms with Gasteiger partial charge in [0.2, 0.25) is 0 Å². The normalized spacial score (nSPS) is 12.0. The van der Waals surface area contributed by atoms with Crippen LogP contribution in [0.2, 0.25) is 0 Å². The molecule has 0 fully saturated rings. The molecule has 0 atom stereocenters. The van der Waals surface area contributed by atoms with Crippen molar-refractivity contribution in [3.63, 3.8) is 0 Å². The van der Waals surface area contributed by atoms with Crippen molar-refractivity contribution in [2.24, 2.45) is 17.3 Å². The molecule has 0 saturated heterocycles. The number of imidazole rings is 1. The minimum Gasteiger partial charge on any atom is -0.378 e. The Kier molecular flexibility index (Phi) is 5.68. The largest absolute Gasteiger partial charge is 0.421 e. The van der Waals surface area contributed by atoms with E-state index in [1.807, 2.05) is 56.5 Å². The van der Waals surface area contributed by atoms with E-state index in [1.165, 1.54) is 0 Å². The lowest BCUT2D eigenvalue weighted by atomic mass is 10.3. The third-order valence-corrected chi connectivity index (χ3v) is 4.27. The monoisotopic (exact) mass is 352 g/mol. The summed E-state index contributed by atoms with van der Waals surface area (Å²) in [5.41, 5.74) is 1.80. The molecule has 0 aliphatic carbocycles. The van der Waals surface area contributed by atoms with Gasteiger partial charge in [-0.05, 0) is 30.7 Å². The van der Waals surface area contributed by atoms with Crippen LogP contribution in [0.5, 0.6) is 0 Å². The van der Waals surface area contributed by atoms with Gasteiger partial charge in [0.05, 0.1) is 31.7 Å². The zero-order chi connectivity index (χ0) is 17.7. The van der Waals surface area contributed by atoms with E-state index >= 15 is 0 Å². The zero-order valence-corrected chi connectivity index (χ0v) is 14.8. The Balaban J connectivity index is 2.10. The molecule has 0 aliphatic heterocycles. The van der Waals surface area contributed by atoms with Crippen molar-refractivity contribution in [2.75, 3.05) is 24.7 Å². The van der Waals surface area contributed by atoms with Gasteiger partial charge in [0, 0.05) is 24.9 Å². The maximum atomic E-state index is 10.8. The molecule has 0 saturated carbocycles. The SMILES string of the molecule is CN(C)c1ccc(N=Nc2n(CCCS(=O)(=O)O)cc[n+]2C)cc1. The Morgan fingerprint density at radius 2 is 1.88 bits per heavy atom. The maximum absolute atomic E-state index is 10.8. The topological polar surface area (TPSA) is 91.1 Å². The van der Waals surface area contributed by atoms with Crippen molar-refractivity contribution < 1.29 is 17.5 Å². The average molecular weight is 352 g/mol. The van der Waals surface area contributed by atoms with E-state index in [0.717, 1.165) is 11.4 Å². The predicted molar refractivity (Wildman–Crippen MR) is 91.6 cm³/mol. The molecule has 8 nitrogen and oxygen atoms in total. The van der Waals surface area contributed by atoms with Crippen molar-refractivity contribution in [2.45, 2.75) is 13.0 Å². The summed E-state index contributed by atoms with van der Waals surface area (Å²) in [5.74, 6) is 0.319. The fraction of sp³-hybridized carbons (Fsp3) is 0.400. The molecule has 0 radical (unpaired) electrons. The molecular formula is C15H22N5O3S+. The molecule has 24 heavy (non-hydrogen) atoms. The molecule has 1 aromatic carbocycles. The second-order valence-corrected chi connectivity index (χ2v) is 7.22. The van der Waals surface area contributed by atoms with E-state index in [4.69, 9.17) is 4.55 Å². The number of hydrogen-bond acceptors (Lipinski definition) is 5. The number of aromatic nitrogens is 2. The van der Waals surface area contributed by atoms with E-state index in [2.05, 4.69) is 10.2 Å². The summed E-state index contributed by atoms with van der Waals surface area (Å²) in [7, 11) is 1.83. The number of azo groups is 1. The number of benzene rings is 1. The molecular weight excluding hydrogens is 330 g/mol. The van der Waals surface area contributed by atoms with Gasteiger partial charge in [-0.1, -0.05) is 5.11 Å². The van der Waals surface area contributed by atoms with Crippen LogP contribution in [0.3, 0.4) is 0 Å². The number of nitrogens with zero attached hydrogens (tertiary/aromatic N) is 5. The number of anilines is 1. The quantitative estimate of drug-likeness (QED) is 0.469. The van der Waals surface area contributed by atoms with Gasteiger partial charge in [0.1, 0.15) is 5.69 Å². The number of hydrogen-bond donors (Lipinski definition) is 1. The van der Waals surface area contributed by atoms with Gasteiger partial charge in [-0.25, -0.2) is 9.13 Å². The molecule has 1 aromatic heterocycles. The molecule has 0 aliphatic rings. The Bertz CT molecular complexity index is 810. The molecule has 0 spiro atoms. The second kappa shape index (κ2) is 7.54. The van der Waals surface area contributed by atoms with Crippen LogP contribution in [0.25, 0.3) is 0 Å². The maximum Gasteiger partial charge on any atom is 0.421 e. The molecule has 9 heteroatoms. The summed E-state index contributed by atoms with van der Waals surface area (Å²) in [4.78, 5) is 2.00. The van der Waals surface area contributed by atoms with Gasteiger partial charge in [0.25, 0.3) is 10.1 Å². The first-order valence-corrected chi connectivity index (χ1v) is 9.06. The summed E-state index contributed by atoms with van der Waals surface area (Å²) in [6.07, 6.45) is 3.91. The molecule has 0 unspecified atom stereocenters. The van der Waals surface area contributed by atoms with Crippen LogP contribution >= 0.6 is 0 Å². The fourth-order valence-electron chi connectivity index (χ4n) is 2.16. The van der Waals surface area contributed by atoms with Gasteiger partial charge >= 0.3 is 5.95 Å². The summed E-state index contributed by atoms with van der Waals surface area (Å²) in [6, 6.07) is 7.67. The van der Waals surface area contributed by atoms with Crippen LogP contribution in [0, 0.1) is 0 Å². The molecule has 2 rings (SSSR count). The van der Waals surface area contributed by atoms with Crippen molar-refractivity contribution >= 4 is 27.4 Å². The van der Waals surface area contributed by atoms with Crippen molar-refractivity contribution in [1.82, 2.24) is 4.57 Å². The van der Waals surface area contributed by atoms with E-state index < -0.39 is 10.1 Å². The predicted octanol–water partition coefficient (Wildman–Crippen LogP) is 2.07. The first-order chi connectivity index (χ1) is 11.3.